The maximum absolute atomic E-state index is 11.3. The number of benzene rings is 3. The molecular formula is C23H15Cl2N3O2S. The van der Waals surface area contributed by atoms with Crippen molar-refractivity contribution in [2.45, 2.75) is 16.6 Å². The molecule has 0 aliphatic carbocycles. The van der Waals surface area contributed by atoms with E-state index >= 15 is 0 Å². The first-order chi connectivity index (χ1) is 15.1. The predicted molar refractivity (Wildman–Crippen MR) is 120 cm³/mol. The van der Waals surface area contributed by atoms with Crippen molar-refractivity contribution in [1.29, 1.82) is 0 Å². The highest BCUT2D eigenvalue weighted by Crippen LogP contribution is 2.47. The van der Waals surface area contributed by atoms with E-state index in [1.165, 1.54) is 10.9 Å². The summed E-state index contributed by atoms with van der Waals surface area (Å²) in [4.78, 5) is 6.08. The van der Waals surface area contributed by atoms with Crippen LogP contribution in [0.3, 0.4) is 0 Å². The largest absolute Gasteiger partial charge is 0.539 e. The first-order valence-electron chi connectivity index (χ1n) is 9.51. The minimum atomic E-state index is -0.492. The molecule has 0 saturated heterocycles. The Labute approximate surface area is 192 Å². The maximum atomic E-state index is 11.3. The molecule has 1 unspecified atom stereocenters. The monoisotopic (exact) mass is 467 g/mol. The van der Waals surface area contributed by atoms with Crippen LogP contribution in [0.15, 0.2) is 87.3 Å². The highest BCUT2D eigenvalue weighted by molar-refractivity contribution is 7.99. The van der Waals surface area contributed by atoms with Crippen molar-refractivity contribution in [2.75, 3.05) is 0 Å². The van der Waals surface area contributed by atoms with Crippen LogP contribution in [0.4, 0.5) is 5.69 Å². The molecule has 1 aromatic heterocycles. The van der Waals surface area contributed by atoms with Crippen LogP contribution in [0.25, 0.3) is 5.69 Å². The molecule has 0 bridgehead atoms. The number of para-hydroxylation sites is 1. The van der Waals surface area contributed by atoms with Gasteiger partial charge in [0, 0.05) is 44.5 Å². The number of hydrogen-bond acceptors (Lipinski definition) is 5. The molecule has 5 nitrogen and oxygen atoms in total. The van der Waals surface area contributed by atoms with Gasteiger partial charge in [-0.15, -0.1) is 11.8 Å². The molecule has 0 amide bonds. The molecule has 0 N–H and O–H groups in total. The Balaban J connectivity index is 1.54. The van der Waals surface area contributed by atoms with Gasteiger partial charge in [0.05, 0.1) is 11.0 Å². The zero-order valence-corrected chi connectivity index (χ0v) is 18.4. The number of halogens is 2. The third kappa shape index (κ3) is 4.19. The lowest BCUT2D eigenvalue weighted by Gasteiger charge is -2.17. The molecule has 1 aliphatic heterocycles. The minimum absolute atomic E-state index is 0.0831. The summed E-state index contributed by atoms with van der Waals surface area (Å²) >= 11 is 14.4. The Bertz CT molecular complexity index is 1290. The second-order valence-electron chi connectivity index (χ2n) is 7.02. The molecule has 154 valence electrons. The number of fused-ring (bicyclic) bond motifs is 1. The summed E-state index contributed by atoms with van der Waals surface area (Å²) in [5.74, 6) is -0.492. The Morgan fingerprint density at radius 1 is 1.03 bits per heavy atom. The van der Waals surface area contributed by atoms with E-state index in [1.54, 1.807) is 17.8 Å². The molecular weight excluding hydrogens is 453 g/mol. The predicted octanol–water partition coefficient (Wildman–Crippen LogP) is 5.69. The molecule has 31 heavy (non-hydrogen) atoms. The standard InChI is InChI=1S/C23H15Cl2N3O2S/c24-15-7-10-17(18(25)11-15)22-12-20(26-19-3-1-2-4-21(19)31-22)14-5-8-16(9-6-14)28-13-23(29)30-27-28/h1-11,13,22H,12H2. The third-order valence-corrected chi connectivity index (χ3v) is 6.86. The summed E-state index contributed by atoms with van der Waals surface area (Å²) in [7, 11) is 0. The van der Waals surface area contributed by atoms with Crippen LogP contribution in [0, 0.1) is 0 Å². The number of hydrogen-bond donors (Lipinski definition) is 0. The smallest absolute Gasteiger partial charge is 0.239 e. The Morgan fingerprint density at radius 2 is 1.84 bits per heavy atom. The van der Waals surface area contributed by atoms with Gasteiger partial charge in [-0.3, -0.25) is 4.99 Å². The molecule has 3 aromatic carbocycles. The first kappa shape index (κ1) is 20.1. The molecule has 2 heterocycles. The normalized spacial score (nSPS) is 15.8. The van der Waals surface area contributed by atoms with Gasteiger partial charge in [0.25, 0.3) is 0 Å². The Morgan fingerprint density at radius 3 is 2.58 bits per heavy atom. The van der Waals surface area contributed by atoms with Crippen LogP contribution >= 0.6 is 35.0 Å². The zero-order valence-electron chi connectivity index (χ0n) is 16.0. The van der Waals surface area contributed by atoms with E-state index in [0.29, 0.717) is 16.5 Å². The van der Waals surface area contributed by atoms with Gasteiger partial charge in [0.1, 0.15) is 5.95 Å². The quantitative estimate of drug-likeness (QED) is 0.363. The first-order valence-corrected chi connectivity index (χ1v) is 11.1. The van der Waals surface area contributed by atoms with Crippen molar-refractivity contribution in [2.24, 2.45) is 4.99 Å². The fraction of sp³-hybridized carbons (Fsp3) is 0.0870. The van der Waals surface area contributed by atoms with Crippen LogP contribution in [0.1, 0.15) is 22.8 Å². The fourth-order valence-corrected chi connectivity index (χ4v) is 5.37. The lowest BCUT2D eigenvalue weighted by molar-refractivity contribution is -0.670. The number of aromatic nitrogens is 2. The second kappa shape index (κ2) is 8.38. The third-order valence-electron chi connectivity index (χ3n) is 4.99. The molecule has 1 atom stereocenters. The van der Waals surface area contributed by atoms with Gasteiger partial charge in [-0.25, -0.2) is 0 Å². The van der Waals surface area contributed by atoms with Crippen molar-refractivity contribution in [1.82, 2.24) is 5.27 Å². The molecule has 0 saturated carbocycles. The van der Waals surface area contributed by atoms with E-state index in [9.17, 15) is 5.11 Å². The number of nitrogens with zero attached hydrogens (tertiary/aromatic N) is 3. The van der Waals surface area contributed by atoms with E-state index in [4.69, 9.17) is 28.2 Å². The van der Waals surface area contributed by atoms with Gasteiger partial charge >= 0.3 is 0 Å². The van der Waals surface area contributed by atoms with Gasteiger partial charge in [-0.1, -0.05) is 41.4 Å². The van der Waals surface area contributed by atoms with Gasteiger partial charge in [-0.2, -0.15) is 0 Å². The van der Waals surface area contributed by atoms with E-state index in [-0.39, 0.29) is 5.25 Å². The topological polar surface area (TPSA) is 65.3 Å². The summed E-state index contributed by atoms with van der Waals surface area (Å²) in [6.45, 7) is 0. The van der Waals surface area contributed by atoms with E-state index in [1.807, 2.05) is 54.6 Å². The zero-order chi connectivity index (χ0) is 21.4. The van der Waals surface area contributed by atoms with Crippen molar-refractivity contribution < 1.29 is 14.3 Å². The highest BCUT2D eigenvalue weighted by Gasteiger charge is 2.24. The molecule has 0 radical (unpaired) electrons. The lowest BCUT2D eigenvalue weighted by atomic mass is 10.0. The average Bonchev–Trinajstić information content (AvgIpc) is 3.10. The minimum Gasteiger partial charge on any atom is -0.539 e. The Kier molecular flexibility index (Phi) is 5.44. The number of rotatable bonds is 3. The average molecular weight is 468 g/mol. The van der Waals surface area contributed by atoms with E-state index in [2.05, 4.69) is 15.9 Å². The molecule has 0 fully saturated rings. The molecule has 4 aromatic rings. The number of thioether (sulfide) groups is 1. The highest BCUT2D eigenvalue weighted by atomic mass is 35.5. The summed E-state index contributed by atoms with van der Waals surface area (Å²) in [6.07, 6.45) is 1.99. The maximum Gasteiger partial charge on any atom is 0.239 e. The van der Waals surface area contributed by atoms with Crippen LogP contribution in [0.5, 0.6) is 5.95 Å². The summed E-state index contributed by atoms with van der Waals surface area (Å²) < 4.78 is 6.02. The molecule has 0 spiro atoms. The molecule has 8 heteroatoms. The van der Waals surface area contributed by atoms with Gasteiger partial charge in [0.15, 0.2) is 0 Å². The van der Waals surface area contributed by atoms with Crippen LogP contribution in [-0.2, 0) is 0 Å². The lowest BCUT2D eigenvalue weighted by Crippen LogP contribution is -2.31. The van der Waals surface area contributed by atoms with E-state index in [0.717, 1.165) is 33.1 Å². The van der Waals surface area contributed by atoms with Gasteiger partial charge in [-0.05, 0) is 52.2 Å². The van der Waals surface area contributed by atoms with Crippen LogP contribution in [-0.4, -0.2) is 11.0 Å². The van der Waals surface area contributed by atoms with Crippen molar-refractivity contribution in [3.05, 3.63) is 94.1 Å². The van der Waals surface area contributed by atoms with Crippen LogP contribution in [0.2, 0.25) is 10.0 Å². The van der Waals surface area contributed by atoms with Crippen molar-refractivity contribution >= 4 is 46.4 Å². The molecule has 1 aliphatic rings. The molecule has 5 rings (SSSR count). The second-order valence-corrected chi connectivity index (χ2v) is 9.10. The van der Waals surface area contributed by atoms with Crippen LogP contribution < -0.4 is 9.79 Å². The summed E-state index contributed by atoms with van der Waals surface area (Å²) in [6, 6.07) is 21.4. The van der Waals surface area contributed by atoms with Gasteiger partial charge < -0.3 is 9.63 Å². The van der Waals surface area contributed by atoms with Gasteiger partial charge in [0.2, 0.25) is 11.9 Å². The van der Waals surface area contributed by atoms with Crippen molar-refractivity contribution in [3.63, 3.8) is 0 Å². The number of aliphatic imine (C=N–C) groups is 1. The Hall–Kier alpha value is -2.80. The van der Waals surface area contributed by atoms with Crippen molar-refractivity contribution in [3.8, 4) is 11.6 Å². The fourth-order valence-electron chi connectivity index (χ4n) is 3.49. The van der Waals surface area contributed by atoms with E-state index < -0.39 is 5.95 Å². The summed E-state index contributed by atoms with van der Waals surface area (Å²) in [5, 5.41) is 16.3. The SMILES string of the molecule is [O-]c1c[n+](-c2ccc(C3=Nc4ccccc4SC(c4ccc(Cl)cc4Cl)C3)cc2)no1. The summed E-state index contributed by atoms with van der Waals surface area (Å²) in [5.41, 5.74) is 4.63.